The number of ether oxygens (including phenoxy) is 8. The van der Waals surface area contributed by atoms with Gasteiger partial charge in [-0.1, -0.05) is 77.2 Å². The van der Waals surface area contributed by atoms with Crippen LogP contribution in [-0.2, 0) is 18.9 Å². The summed E-state index contributed by atoms with van der Waals surface area (Å²) in [6.07, 6.45) is -2.17. The van der Waals surface area contributed by atoms with Gasteiger partial charge in [0.1, 0.15) is 45.4 Å². The van der Waals surface area contributed by atoms with E-state index in [-0.39, 0.29) is 23.0 Å². The maximum absolute atomic E-state index is 13.2. The third kappa shape index (κ3) is 16.8. The molecule has 12 nitrogen and oxygen atoms in total. The summed E-state index contributed by atoms with van der Waals surface area (Å²) in [6.45, 7) is 28.8. The van der Waals surface area contributed by atoms with Crippen LogP contribution in [0.5, 0.6) is 23.0 Å². The first-order chi connectivity index (χ1) is 29.9. The molecule has 0 saturated carbocycles. The van der Waals surface area contributed by atoms with Crippen LogP contribution >= 0.6 is 0 Å². The topological polar surface area (TPSA) is 142 Å². The first-order valence-corrected chi connectivity index (χ1v) is 22.0. The minimum atomic E-state index is -0.871. The number of rotatable bonds is 12. The second-order valence-corrected chi connectivity index (χ2v) is 20.5. The molecule has 0 saturated heterocycles. The standard InChI is InChI=1S/C53H68O12/c1-32-20-24-42(58-46(54)62-50(5,6)7)38(28-32)36(39-29-33(2)21-25-43(39)59-47(55)63-51(8,9)10)18-17-19-37(40-30-34(3)22-26-44(40)60-48(56)64-52(11,12)13)41-31-35(4)23-27-45(41)61-49(57)65-53(14,15)16/h20-31,36-37H,17-19H2,1-16H3. The molecule has 0 aliphatic heterocycles. The fourth-order valence-corrected chi connectivity index (χ4v) is 7.06. The van der Waals surface area contributed by atoms with Gasteiger partial charge >= 0.3 is 24.6 Å². The van der Waals surface area contributed by atoms with E-state index in [0.717, 1.165) is 22.3 Å². The highest BCUT2D eigenvalue weighted by Gasteiger charge is 2.31. The number of aryl methyl sites for hydroxylation is 4. The van der Waals surface area contributed by atoms with Crippen molar-refractivity contribution in [2.24, 2.45) is 0 Å². The summed E-state index contributed by atoms with van der Waals surface area (Å²) in [4.78, 5) is 53.0. The molecule has 0 heterocycles. The van der Waals surface area contributed by atoms with Crippen LogP contribution < -0.4 is 18.9 Å². The Balaban J connectivity index is 1.93. The highest BCUT2D eigenvalue weighted by Crippen LogP contribution is 2.45. The first-order valence-electron chi connectivity index (χ1n) is 22.0. The van der Waals surface area contributed by atoms with Crippen molar-refractivity contribution in [3.8, 4) is 23.0 Å². The van der Waals surface area contributed by atoms with Gasteiger partial charge in [0.2, 0.25) is 0 Å². The van der Waals surface area contributed by atoms with E-state index in [1.54, 1.807) is 107 Å². The van der Waals surface area contributed by atoms with Crippen molar-refractivity contribution in [1.82, 2.24) is 0 Å². The molecule has 0 N–H and O–H groups in total. The molecule has 4 rings (SSSR count). The third-order valence-corrected chi connectivity index (χ3v) is 9.48. The van der Waals surface area contributed by atoms with Crippen molar-refractivity contribution < 1.29 is 57.1 Å². The van der Waals surface area contributed by atoms with Crippen molar-refractivity contribution in [2.75, 3.05) is 0 Å². The number of carbonyl (C=O) groups is 4. The Bertz CT molecular complexity index is 2010. The summed E-state index contributed by atoms with van der Waals surface area (Å²) in [5.74, 6) is 0.0268. The highest BCUT2D eigenvalue weighted by molar-refractivity contribution is 5.69. The molecule has 352 valence electrons. The highest BCUT2D eigenvalue weighted by atomic mass is 16.7. The summed E-state index contributed by atoms with van der Waals surface area (Å²) in [5.41, 5.74) is 2.95. The molecule has 4 aromatic carbocycles. The van der Waals surface area contributed by atoms with E-state index < -0.39 is 58.9 Å². The van der Waals surface area contributed by atoms with Gasteiger partial charge in [0, 0.05) is 34.1 Å². The largest absolute Gasteiger partial charge is 0.514 e. The summed E-state index contributed by atoms with van der Waals surface area (Å²) < 4.78 is 46.1. The summed E-state index contributed by atoms with van der Waals surface area (Å²) in [6, 6.07) is 22.1. The Labute approximate surface area is 385 Å². The van der Waals surface area contributed by atoms with Gasteiger partial charge in [-0.05, 0) is 148 Å². The molecular weight excluding hydrogens is 829 g/mol. The van der Waals surface area contributed by atoms with Gasteiger partial charge in [-0.15, -0.1) is 0 Å². The lowest BCUT2D eigenvalue weighted by molar-refractivity contribution is 0.0188. The third-order valence-electron chi connectivity index (χ3n) is 9.48. The lowest BCUT2D eigenvalue weighted by atomic mass is 9.80. The van der Waals surface area contributed by atoms with Gasteiger partial charge in [0.15, 0.2) is 0 Å². The predicted octanol–water partition coefficient (Wildman–Crippen LogP) is 14.3. The Kier molecular flexibility index (Phi) is 16.6. The van der Waals surface area contributed by atoms with Gasteiger partial charge in [0.05, 0.1) is 0 Å². The minimum Gasteiger partial charge on any atom is -0.428 e. The normalized spacial score (nSPS) is 12.1. The second kappa shape index (κ2) is 20.9. The molecule has 0 radical (unpaired) electrons. The van der Waals surface area contributed by atoms with E-state index in [4.69, 9.17) is 37.9 Å². The van der Waals surface area contributed by atoms with Gasteiger partial charge in [0.25, 0.3) is 0 Å². The maximum Gasteiger partial charge on any atom is 0.514 e. The van der Waals surface area contributed by atoms with Crippen LogP contribution in [0.4, 0.5) is 19.2 Å². The van der Waals surface area contributed by atoms with Crippen LogP contribution in [0.2, 0.25) is 0 Å². The van der Waals surface area contributed by atoms with E-state index in [0.29, 0.717) is 41.5 Å². The van der Waals surface area contributed by atoms with Crippen molar-refractivity contribution in [1.29, 1.82) is 0 Å². The Morgan fingerprint density at radius 2 is 0.569 bits per heavy atom. The zero-order valence-corrected chi connectivity index (χ0v) is 41.1. The van der Waals surface area contributed by atoms with E-state index in [2.05, 4.69) is 0 Å². The molecular formula is C53H68O12. The molecule has 0 aliphatic rings. The van der Waals surface area contributed by atoms with Crippen LogP contribution in [-0.4, -0.2) is 47.0 Å². The van der Waals surface area contributed by atoms with Crippen LogP contribution in [0.1, 0.15) is 159 Å². The SMILES string of the molecule is Cc1ccc(OC(=O)OC(C)(C)C)c(C(CCCC(c2cc(C)ccc2OC(=O)OC(C)(C)C)c2cc(C)ccc2OC(=O)OC(C)(C)C)c2cc(C)ccc2OC(=O)OC(C)(C)C)c1. The lowest BCUT2D eigenvalue weighted by Crippen LogP contribution is -2.27. The summed E-state index contributed by atoms with van der Waals surface area (Å²) in [7, 11) is 0. The van der Waals surface area contributed by atoms with E-state index in [1.807, 2.05) is 76.2 Å². The molecule has 0 fully saturated rings. The Hall–Kier alpha value is -6.04. The van der Waals surface area contributed by atoms with Crippen molar-refractivity contribution in [3.05, 3.63) is 117 Å². The van der Waals surface area contributed by atoms with Gasteiger partial charge in [-0.2, -0.15) is 0 Å². The first kappa shape index (κ1) is 51.6. The van der Waals surface area contributed by atoms with Crippen LogP contribution in [0.15, 0.2) is 72.8 Å². The fraction of sp³-hybridized carbons (Fsp3) is 0.472. The van der Waals surface area contributed by atoms with Crippen molar-refractivity contribution in [3.63, 3.8) is 0 Å². The molecule has 0 bridgehead atoms. The summed E-state index contributed by atoms with van der Waals surface area (Å²) in [5, 5.41) is 0. The van der Waals surface area contributed by atoms with Gasteiger partial charge in [-0.3, -0.25) is 0 Å². The van der Waals surface area contributed by atoms with Crippen LogP contribution in [0, 0.1) is 27.7 Å². The van der Waals surface area contributed by atoms with Gasteiger partial charge in [-0.25, -0.2) is 19.2 Å². The predicted molar refractivity (Wildman–Crippen MR) is 250 cm³/mol. The fourth-order valence-electron chi connectivity index (χ4n) is 7.06. The monoisotopic (exact) mass is 896 g/mol. The van der Waals surface area contributed by atoms with Crippen LogP contribution in [0.3, 0.4) is 0 Å². The molecule has 65 heavy (non-hydrogen) atoms. The Morgan fingerprint density at radius 3 is 0.754 bits per heavy atom. The Morgan fingerprint density at radius 1 is 0.369 bits per heavy atom. The summed E-state index contributed by atoms with van der Waals surface area (Å²) >= 11 is 0. The number of hydrogen-bond donors (Lipinski definition) is 0. The zero-order chi connectivity index (χ0) is 48.7. The molecule has 12 heteroatoms. The van der Waals surface area contributed by atoms with E-state index >= 15 is 0 Å². The van der Waals surface area contributed by atoms with E-state index in [1.165, 1.54) is 0 Å². The molecule has 0 spiro atoms. The molecule has 0 amide bonds. The van der Waals surface area contributed by atoms with Gasteiger partial charge < -0.3 is 37.9 Å². The second-order valence-electron chi connectivity index (χ2n) is 20.5. The molecule has 0 aliphatic carbocycles. The maximum atomic E-state index is 13.2. The molecule has 0 atom stereocenters. The molecule has 4 aromatic rings. The average Bonchev–Trinajstić information content (AvgIpc) is 3.12. The number of benzene rings is 4. The molecule has 0 unspecified atom stereocenters. The lowest BCUT2D eigenvalue weighted by Gasteiger charge is -2.27. The van der Waals surface area contributed by atoms with E-state index in [9.17, 15) is 19.2 Å². The zero-order valence-electron chi connectivity index (χ0n) is 41.1. The quantitative estimate of drug-likeness (QED) is 0.0759. The molecule has 0 aromatic heterocycles. The number of carbonyl (C=O) groups excluding carboxylic acids is 4. The smallest absolute Gasteiger partial charge is 0.428 e. The van der Waals surface area contributed by atoms with Crippen molar-refractivity contribution in [2.45, 2.75) is 164 Å². The minimum absolute atomic E-state index is 0.273. The van der Waals surface area contributed by atoms with Crippen molar-refractivity contribution >= 4 is 24.6 Å². The van der Waals surface area contributed by atoms with Crippen LogP contribution in [0.25, 0.3) is 0 Å². The number of hydrogen-bond acceptors (Lipinski definition) is 12. The average molecular weight is 897 g/mol.